The lowest BCUT2D eigenvalue weighted by Crippen LogP contribution is -2.29. The number of nitrogens with zero attached hydrogens (tertiary/aromatic N) is 2. The van der Waals surface area contributed by atoms with Crippen LogP contribution < -0.4 is 4.90 Å². The molecule has 1 amide bonds. The SMILES string of the molecule is Cn1cc(C2/C(=C(\O)c3cccc(Cl)c3)C(=O)C(=O)N2c2ccc(Cl)cc2)c2ccccc21. The van der Waals surface area contributed by atoms with Gasteiger partial charge in [-0.05, 0) is 42.5 Å². The molecule has 1 saturated heterocycles. The largest absolute Gasteiger partial charge is 0.507 e. The van der Waals surface area contributed by atoms with Gasteiger partial charge in [-0.1, -0.05) is 53.5 Å². The third-order valence-electron chi connectivity index (χ3n) is 5.87. The minimum absolute atomic E-state index is 0.00793. The topological polar surface area (TPSA) is 62.5 Å². The van der Waals surface area contributed by atoms with Crippen LogP contribution in [0.5, 0.6) is 0 Å². The molecule has 5 nitrogen and oxygen atoms in total. The fourth-order valence-electron chi connectivity index (χ4n) is 4.38. The van der Waals surface area contributed by atoms with Crippen molar-refractivity contribution in [3.63, 3.8) is 0 Å². The van der Waals surface area contributed by atoms with Crippen LogP contribution in [-0.4, -0.2) is 21.4 Å². The van der Waals surface area contributed by atoms with Crippen molar-refractivity contribution in [3.05, 3.63) is 106 Å². The van der Waals surface area contributed by atoms with Crippen molar-refractivity contribution in [1.82, 2.24) is 4.57 Å². The molecule has 1 atom stereocenters. The number of aryl methyl sites for hydroxylation is 1. The summed E-state index contributed by atoms with van der Waals surface area (Å²) in [5, 5.41) is 13.0. The van der Waals surface area contributed by atoms with Gasteiger partial charge in [-0.25, -0.2) is 0 Å². The van der Waals surface area contributed by atoms with Crippen molar-refractivity contribution >= 4 is 57.2 Å². The average Bonchev–Trinajstić information content (AvgIpc) is 3.28. The highest BCUT2D eigenvalue weighted by atomic mass is 35.5. The van der Waals surface area contributed by atoms with Gasteiger partial charge in [0.05, 0.1) is 11.6 Å². The molecule has 1 aliphatic rings. The lowest BCUT2D eigenvalue weighted by molar-refractivity contribution is -0.132. The highest BCUT2D eigenvalue weighted by Gasteiger charge is 2.47. The van der Waals surface area contributed by atoms with Crippen molar-refractivity contribution in [2.75, 3.05) is 4.90 Å². The van der Waals surface area contributed by atoms with Gasteiger partial charge in [0.15, 0.2) is 0 Å². The van der Waals surface area contributed by atoms with Crippen LogP contribution >= 0.6 is 23.2 Å². The number of amides is 1. The van der Waals surface area contributed by atoms with E-state index in [2.05, 4.69) is 0 Å². The quantitative estimate of drug-likeness (QED) is 0.220. The lowest BCUT2D eigenvalue weighted by atomic mass is 9.94. The first-order valence-corrected chi connectivity index (χ1v) is 11.0. The summed E-state index contributed by atoms with van der Waals surface area (Å²) in [4.78, 5) is 28.0. The number of benzene rings is 3. The molecular formula is C26H18Cl2N2O3. The molecule has 1 unspecified atom stereocenters. The molecule has 0 saturated carbocycles. The molecule has 0 bridgehead atoms. The number of Topliss-reactive ketones (excluding diaryl/α,β-unsaturated/α-hetero) is 1. The zero-order valence-corrected chi connectivity index (χ0v) is 19.0. The van der Waals surface area contributed by atoms with Crippen molar-refractivity contribution in [1.29, 1.82) is 0 Å². The number of hydrogen-bond acceptors (Lipinski definition) is 3. The fourth-order valence-corrected chi connectivity index (χ4v) is 4.69. The number of ketones is 1. The van der Waals surface area contributed by atoms with E-state index in [4.69, 9.17) is 23.2 Å². The zero-order chi connectivity index (χ0) is 23.3. The smallest absolute Gasteiger partial charge is 0.300 e. The number of aliphatic hydroxyl groups excluding tert-OH is 1. The Labute approximate surface area is 200 Å². The third-order valence-corrected chi connectivity index (χ3v) is 6.36. The minimum Gasteiger partial charge on any atom is -0.507 e. The molecule has 1 aliphatic heterocycles. The Balaban J connectivity index is 1.81. The van der Waals surface area contributed by atoms with Crippen LogP contribution in [0.2, 0.25) is 10.0 Å². The highest BCUT2D eigenvalue weighted by Crippen LogP contribution is 2.44. The second-order valence-corrected chi connectivity index (χ2v) is 8.74. The van der Waals surface area contributed by atoms with E-state index in [-0.39, 0.29) is 11.3 Å². The molecule has 2 heterocycles. The summed E-state index contributed by atoms with van der Waals surface area (Å²) in [6.07, 6.45) is 1.88. The number of aromatic nitrogens is 1. The second kappa shape index (κ2) is 8.10. The zero-order valence-electron chi connectivity index (χ0n) is 17.5. The Morgan fingerprint density at radius 1 is 0.909 bits per heavy atom. The highest BCUT2D eigenvalue weighted by molar-refractivity contribution is 6.52. The molecule has 0 spiro atoms. The van der Waals surface area contributed by atoms with E-state index in [1.807, 2.05) is 42.1 Å². The van der Waals surface area contributed by atoms with Crippen molar-refractivity contribution in [3.8, 4) is 0 Å². The lowest BCUT2D eigenvalue weighted by Gasteiger charge is -2.25. The number of para-hydroxylation sites is 1. The summed E-state index contributed by atoms with van der Waals surface area (Å²) in [5.74, 6) is -1.76. The van der Waals surface area contributed by atoms with Gasteiger partial charge >= 0.3 is 0 Å². The molecule has 5 rings (SSSR count). The number of halogens is 2. The van der Waals surface area contributed by atoms with Gasteiger partial charge in [-0.3, -0.25) is 14.5 Å². The maximum atomic E-state index is 13.3. The number of carbonyl (C=O) groups is 2. The molecule has 1 aromatic heterocycles. The van der Waals surface area contributed by atoms with E-state index in [9.17, 15) is 14.7 Å². The van der Waals surface area contributed by atoms with E-state index >= 15 is 0 Å². The van der Waals surface area contributed by atoms with Gasteiger partial charge in [0, 0.05) is 51.0 Å². The predicted octanol–water partition coefficient (Wildman–Crippen LogP) is 6.11. The average molecular weight is 477 g/mol. The van der Waals surface area contributed by atoms with E-state index in [1.165, 1.54) is 4.90 Å². The summed E-state index contributed by atoms with van der Waals surface area (Å²) in [6, 6.07) is 20.1. The van der Waals surface area contributed by atoms with Crippen LogP contribution in [0.15, 0.2) is 84.6 Å². The van der Waals surface area contributed by atoms with E-state index in [1.54, 1.807) is 48.5 Å². The van der Waals surface area contributed by atoms with Gasteiger partial charge in [-0.2, -0.15) is 0 Å². The fraction of sp³-hybridized carbons (Fsp3) is 0.0769. The van der Waals surface area contributed by atoms with Gasteiger partial charge < -0.3 is 9.67 Å². The van der Waals surface area contributed by atoms with Crippen LogP contribution in [0.1, 0.15) is 17.2 Å². The predicted molar refractivity (Wildman–Crippen MR) is 131 cm³/mol. The van der Waals surface area contributed by atoms with Crippen LogP contribution in [0.25, 0.3) is 16.7 Å². The van der Waals surface area contributed by atoms with Crippen LogP contribution in [0.4, 0.5) is 5.69 Å². The number of rotatable bonds is 3. The van der Waals surface area contributed by atoms with Crippen LogP contribution in [-0.2, 0) is 16.6 Å². The standard InChI is InChI=1S/C26H18Cl2N2O3/c1-29-14-20(19-7-2-3-8-21(19)29)23-22(24(31)15-5-4-6-17(28)13-15)25(32)26(33)30(23)18-11-9-16(27)10-12-18/h2-14,23,31H,1H3/b24-22+. The molecule has 33 heavy (non-hydrogen) atoms. The number of hydrogen-bond donors (Lipinski definition) is 1. The molecule has 1 fully saturated rings. The molecule has 0 aliphatic carbocycles. The third kappa shape index (κ3) is 3.50. The van der Waals surface area contributed by atoms with Gasteiger partial charge in [0.2, 0.25) is 0 Å². The Kier molecular flexibility index (Phi) is 5.23. The van der Waals surface area contributed by atoms with E-state index in [0.29, 0.717) is 21.3 Å². The number of carbonyl (C=O) groups excluding carboxylic acids is 2. The Bertz CT molecular complexity index is 1450. The van der Waals surface area contributed by atoms with Crippen LogP contribution in [0.3, 0.4) is 0 Å². The minimum atomic E-state index is -0.837. The summed E-state index contributed by atoms with van der Waals surface area (Å²) in [5.41, 5.74) is 2.54. The first-order valence-electron chi connectivity index (χ1n) is 10.2. The van der Waals surface area contributed by atoms with Crippen molar-refractivity contribution in [2.24, 2.45) is 7.05 Å². The monoisotopic (exact) mass is 476 g/mol. The summed E-state index contributed by atoms with van der Waals surface area (Å²) in [7, 11) is 1.90. The van der Waals surface area contributed by atoms with Crippen molar-refractivity contribution in [2.45, 2.75) is 6.04 Å². The van der Waals surface area contributed by atoms with Crippen molar-refractivity contribution < 1.29 is 14.7 Å². The van der Waals surface area contributed by atoms with Gasteiger partial charge in [0.1, 0.15) is 5.76 Å². The van der Waals surface area contributed by atoms with Crippen LogP contribution in [0, 0.1) is 0 Å². The molecule has 1 N–H and O–H groups in total. The first-order chi connectivity index (χ1) is 15.9. The van der Waals surface area contributed by atoms with Gasteiger partial charge in [0.25, 0.3) is 11.7 Å². The molecule has 0 radical (unpaired) electrons. The Morgan fingerprint density at radius 3 is 2.36 bits per heavy atom. The maximum absolute atomic E-state index is 13.3. The summed E-state index contributed by atoms with van der Waals surface area (Å²) >= 11 is 12.2. The molecule has 4 aromatic rings. The molecule has 164 valence electrons. The maximum Gasteiger partial charge on any atom is 0.300 e. The number of anilines is 1. The Hall–Kier alpha value is -3.54. The normalized spacial score (nSPS) is 17.8. The first kappa shape index (κ1) is 21.3. The number of fused-ring (bicyclic) bond motifs is 1. The summed E-state index contributed by atoms with van der Waals surface area (Å²) < 4.78 is 1.94. The number of aliphatic hydroxyl groups is 1. The molecular weight excluding hydrogens is 459 g/mol. The second-order valence-electron chi connectivity index (χ2n) is 7.87. The molecule has 7 heteroatoms. The van der Waals surface area contributed by atoms with E-state index in [0.717, 1.165) is 16.5 Å². The summed E-state index contributed by atoms with van der Waals surface area (Å²) in [6.45, 7) is 0. The van der Waals surface area contributed by atoms with Gasteiger partial charge in [-0.15, -0.1) is 0 Å². The molecule has 3 aromatic carbocycles. The van der Waals surface area contributed by atoms with E-state index < -0.39 is 17.7 Å². The Morgan fingerprint density at radius 2 is 1.64 bits per heavy atom.